The minimum absolute atomic E-state index is 0.0256. The molecular formula is C37H66N4O9. The van der Waals surface area contributed by atoms with Crippen LogP contribution in [0.2, 0.25) is 0 Å². The third kappa shape index (κ3) is 25.8. The van der Waals surface area contributed by atoms with E-state index < -0.39 is 12.0 Å². The molecular weight excluding hydrogens is 644 g/mol. The van der Waals surface area contributed by atoms with Crippen molar-refractivity contribution in [3.8, 4) is 0 Å². The van der Waals surface area contributed by atoms with Crippen molar-refractivity contribution < 1.29 is 43.3 Å². The summed E-state index contributed by atoms with van der Waals surface area (Å²) in [5.74, 6) is -1.35. The molecule has 0 spiro atoms. The summed E-state index contributed by atoms with van der Waals surface area (Å²) in [7, 11) is 0. The Morgan fingerprint density at radius 3 is 1.72 bits per heavy atom. The molecule has 4 N–H and O–H groups in total. The molecule has 0 aromatic carbocycles. The molecule has 288 valence electrons. The highest BCUT2D eigenvalue weighted by Gasteiger charge is 2.26. The van der Waals surface area contributed by atoms with Crippen LogP contribution in [0, 0.1) is 0 Å². The normalized spacial score (nSPS) is 13.8. The number of carboxylic acid groups (broad SMARTS) is 1. The number of likely N-dealkylation sites (tertiary alicyclic amines) is 1. The molecule has 1 rings (SSSR count). The van der Waals surface area contributed by atoms with Gasteiger partial charge >= 0.3 is 12.0 Å². The number of aliphatic carboxylic acids is 1. The smallest absolute Gasteiger partial charge is 0.326 e. The Morgan fingerprint density at radius 1 is 0.680 bits per heavy atom. The summed E-state index contributed by atoms with van der Waals surface area (Å²) in [5.41, 5.74) is 0. The molecule has 0 radical (unpaired) electrons. The van der Waals surface area contributed by atoms with Crippen LogP contribution in [0.5, 0.6) is 0 Å². The number of carbonyl (C=O) groups is 6. The van der Waals surface area contributed by atoms with Crippen molar-refractivity contribution in [3.63, 3.8) is 0 Å². The largest absolute Gasteiger partial charge is 0.480 e. The molecule has 0 aromatic heterocycles. The number of nitrogens with one attached hydrogen (secondary N) is 3. The number of rotatable bonds is 31. The van der Waals surface area contributed by atoms with Crippen LogP contribution in [0.25, 0.3) is 0 Å². The molecule has 13 heteroatoms. The van der Waals surface area contributed by atoms with Crippen LogP contribution in [0.3, 0.4) is 0 Å². The predicted octanol–water partition coefficient (Wildman–Crippen LogP) is 5.08. The summed E-state index contributed by atoms with van der Waals surface area (Å²) in [5, 5.41) is 17.8. The number of ether oxygens (including phenoxy) is 2. The number of piperidine rings is 1. The van der Waals surface area contributed by atoms with Crippen molar-refractivity contribution in [3.05, 3.63) is 0 Å². The monoisotopic (exact) mass is 710 g/mol. The van der Waals surface area contributed by atoms with Gasteiger partial charge in [-0.15, -0.1) is 0 Å². The second kappa shape index (κ2) is 29.6. The lowest BCUT2D eigenvalue weighted by atomic mass is 10.0. The second-order valence-electron chi connectivity index (χ2n) is 13.6. The van der Waals surface area contributed by atoms with Crippen LogP contribution in [-0.4, -0.2) is 104 Å². The Kier molecular flexibility index (Phi) is 26.7. The molecule has 1 saturated heterocycles. The molecule has 1 aliphatic rings. The van der Waals surface area contributed by atoms with Crippen molar-refractivity contribution >= 4 is 35.4 Å². The Bertz CT molecular complexity index is 986. The molecule has 1 heterocycles. The summed E-state index contributed by atoms with van der Waals surface area (Å²) in [6, 6.07) is -1.49. The Labute approximate surface area is 299 Å². The van der Waals surface area contributed by atoms with E-state index in [1.807, 2.05) is 0 Å². The average molecular weight is 711 g/mol. The average Bonchev–Trinajstić information content (AvgIpc) is 3.07. The van der Waals surface area contributed by atoms with Crippen molar-refractivity contribution in [1.82, 2.24) is 20.9 Å². The number of nitrogens with zero attached hydrogens (tertiary/aromatic N) is 1. The van der Waals surface area contributed by atoms with E-state index in [0.717, 1.165) is 44.9 Å². The predicted molar refractivity (Wildman–Crippen MR) is 192 cm³/mol. The fraction of sp³-hybridized carbons (Fsp3) is 0.838. The van der Waals surface area contributed by atoms with Gasteiger partial charge in [0.25, 0.3) is 0 Å². The van der Waals surface area contributed by atoms with Gasteiger partial charge in [0.15, 0.2) is 5.78 Å². The number of ketones is 2. The molecule has 1 aliphatic heterocycles. The van der Waals surface area contributed by atoms with E-state index in [9.17, 15) is 33.9 Å². The maximum Gasteiger partial charge on any atom is 0.326 e. The number of hydrogen-bond acceptors (Lipinski definition) is 8. The van der Waals surface area contributed by atoms with E-state index in [4.69, 9.17) is 9.47 Å². The SMILES string of the molecule is CC(=O)CCCCCCCCCCCCCCCCC(=O)N[C@@H](CCC(=O)N1CCC(NC(=O)NCCOCCOCC(C)=O)CC1)C(=O)O. The lowest BCUT2D eigenvalue weighted by Crippen LogP contribution is -2.49. The highest BCUT2D eigenvalue weighted by molar-refractivity contribution is 5.84. The van der Waals surface area contributed by atoms with Gasteiger partial charge in [-0.2, -0.15) is 0 Å². The van der Waals surface area contributed by atoms with Crippen LogP contribution in [0.15, 0.2) is 0 Å². The fourth-order valence-electron chi connectivity index (χ4n) is 5.91. The number of hydrogen-bond donors (Lipinski definition) is 4. The number of Topliss-reactive ketones (excluding diaryl/α,β-unsaturated/α-hetero) is 2. The Morgan fingerprint density at radius 2 is 1.20 bits per heavy atom. The van der Waals surface area contributed by atoms with Gasteiger partial charge in [-0.25, -0.2) is 9.59 Å². The number of unbranched alkanes of at least 4 members (excludes halogenated alkanes) is 13. The molecule has 0 unspecified atom stereocenters. The molecule has 0 saturated carbocycles. The molecule has 0 bridgehead atoms. The lowest BCUT2D eigenvalue weighted by molar-refractivity contribution is -0.142. The van der Waals surface area contributed by atoms with Gasteiger partial charge in [0.05, 0.1) is 19.8 Å². The molecule has 13 nitrogen and oxygen atoms in total. The van der Waals surface area contributed by atoms with Crippen LogP contribution in [0.1, 0.15) is 142 Å². The maximum absolute atomic E-state index is 12.8. The standard InChI is InChI=1S/C37H66N4O9/c1-30(42)17-15-13-11-9-7-5-3-4-6-8-10-12-14-16-18-34(44)40-33(36(46)47)19-20-35(45)41-24-21-32(22-25-41)39-37(48)38-23-26-49-27-28-50-29-31(2)43/h32-33H,3-29H2,1-2H3,(H,40,44)(H,46,47)(H2,38,39,48)/t33-/m0/s1. The van der Waals surface area contributed by atoms with Crippen molar-refractivity contribution in [2.75, 3.05) is 46.1 Å². The molecule has 0 aromatic rings. The molecule has 50 heavy (non-hydrogen) atoms. The fourth-order valence-corrected chi connectivity index (χ4v) is 5.91. The first-order valence-corrected chi connectivity index (χ1v) is 19.1. The van der Waals surface area contributed by atoms with Gasteiger partial charge in [0.2, 0.25) is 11.8 Å². The number of carbonyl (C=O) groups excluding carboxylic acids is 5. The minimum Gasteiger partial charge on any atom is -0.480 e. The van der Waals surface area contributed by atoms with Gasteiger partial charge in [-0.05, 0) is 46.0 Å². The molecule has 1 atom stereocenters. The maximum atomic E-state index is 12.8. The van der Waals surface area contributed by atoms with Gasteiger partial charge in [0.1, 0.15) is 18.4 Å². The zero-order chi connectivity index (χ0) is 36.8. The van der Waals surface area contributed by atoms with E-state index >= 15 is 0 Å². The summed E-state index contributed by atoms with van der Waals surface area (Å²) in [6.45, 7) is 5.37. The van der Waals surface area contributed by atoms with Crippen LogP contribution >= 0.6 is 0 Å². The van der Waals surface area contributed by atoms with E-state index in [2.05, 4.69) is 16.0 Å². The van der Waals surface area contributed by atoms with Crippen molar-refractivity contribution in [2.24, 2.45) is 0 Å². The highest BCUT2D eigenvalue weighted by atomic mass is 16.5. The third-order valence-corrected chi connectivity index (χ3v) is 8.86. The Balaban J connectivity index is 2.06. The first kappa shape index (κ1) is 45.0. The van der Waals surface area contributed by atoms with Crippen LogP contribution in [0.4, 0.5) is 4.79 Å². The quantitative estimate of drug-likeness (QED) is 0.0714. The number of urea groups is 1. The van der Waals surface area contributed by atoms with Gasteiger partial charge in [-0.3, -0.25) is 14.4 Å². The summed E-state index contributed by atoms with van der Waals surface area (Å²) >= 11 is 0. The second-order valence-corrected chi connectivity index (χ2v) is 13.6. The van der Waals surface area contributed by atoms with Gasteiger partial charge in [-0.1, -0.05) is 77.0 Å². The Hall–Kier alpha value is -3.06. The summed E-state index contributed by atoms with van der Waals surface area (Å²) in [6.07, 6.45) is 18.4. The van der Waals surface area contributed by atoms with E-state index in [-0.39, 0.29) is 55.5 Å². The van der Waals surface area contributed by atoms with Crippen molar-refractivity contribution in [2.45, 2.75) is 154 Å². The summed E-state index contributed by atoms with van der Waals surface area (Å²) < 4.78 is 10.4. The molecule has 0 aliphatic carbocycles. The number of carboxylic acids is 1. The zero-order valence-electron chi connectivity index (χ0n) is 30.9. The van der Waals surface area contributed by atoms with Gasteiger partial charge < -0.3 is 40.2 Å². The van der Waals surface area contributed by atoms with E-state index in [1.54, 1.807) is 11.8 Å². The van der Waals surface area contributed by atoms with Gasteiger partial charge in [0, 0.05) is 44.9 Å². The molecule has 1 fully saturated rings. The lowest BCUT2D eigenvalue weighted by Gasteiger charge is -2.32. The zero-order valence-corrected chi connectivity index (χ0v) is 30.9. The van der Waals surface area contributed by atoms with Crippen molar-refractivity contribution in [1.29, 1.82) is 0 Å². The van der Waals surface area contributed by atoms with Crippen LogP contribution < -0.4 is 16.0 Å². The molecule has 4 amide bonds. The number of amides is 4. The first-order chi connectivity index (χ1) is 24.1. The highest BCUT2D eigenvalue weighted by Crippen LogP contribution is 2.15. The first-order valence-electron chi connectivity index (χ1n) is 19.1. The van der Waals surface area contributed by atoms with Crippen LogP contribution in [-0.2, 0) is 33.4 Å². The third-order valence-electron chi connectivity index (χ3n) is 8.86. The topological polar surface area (TPSA) is 180 Å². The minimum atomic E-state index is -1.14. The summed E-state index contributed by atoms with van der Waals surface area (Å²) in [4.78, 5) is 72.5. The van der Waals surface area contributed by atoms with E-state index in [1.165, 1.54) is 58.3 Å². The van der Waals surface area contributed by atoms with E-state index in [0.29, 0.717) is 58.1 Å².